The first-order valence-corrected chi connectivity index (χ1v) is 16.1. The summed E-state index contributed by atoms with van der Waals surface area (Å²) in [5, 5.41) is 0. The van der Waals surface area contributed by atoms with E-state index >= 15 is 0 Å². The molecular weight excluding hydrogens is 231 g/mol. The fourth-order valence-electron chi connectivity index (χ4n) is 3.90. The molecular formula is C10H31AlSi3. The van der Waals surface area contributed by atoms with Crippen molar-refractivity contribution in [2.45, 2.75) is 63.7 Å². The van der Waals surface area contributed by atoms with Gasteiger partial charge in [0.1, 0.15) is 0 Å². The van der Waals surface area contributed by atoms with Gasteiger partial charge in [0.25, 0.3) is 0 Å². The van der Waals surface area contributed by atoms with E-state index in [0.717, 1.165) is 4.79 Å². The van der Waals surface area contributed by atoms with Gasteiger partial charge >= 0.3 is 0 Å². The van der Waals surface area contributed by atoms with Gasteiger partial charge in [0, 0.05) is 24.2 Å². The summed E-state index contributed by atoms with van der Waals surface area (Å²) in [5.41, 5.74) is 0. The second-order valence-electron chi connectivity index (χ2n) is 7.53. The molecule has 0 bridgehead atoms. The van der Waals surface area contributed by atoms with Gasteiger partial charge in [0.05, 0.1) is 0 Å². The smallest absolute Gasteiger partial charge is 0.0698 e. The largest absolute Gasteiger partial charge is 0.187 e. The lowest BCUT2D eigenvalue weighted by Gasteiger charge is -2.46. The maximum atomic E-state index is 2.56. The third-order valence-electron chi connectivity index (χ3n) is 2.60. The summed E-state index contributed by atoms with van der Waals surface area (Å²) in [5.74, 6) is 0. The lowest BCUT2D eigenvalue weighted by atomic mass is 11.7. The van der Waals surface area contributed by atoms with Crippen molar-refractivity contribution in [3.63, 3.8) is 0 Å². The summed E-state index contributed by atoms with van der Waals surface area (Å²) < 4.78 is 0. The van der Waals surface area contributed by atoms with E-state index in [9.17, 15) is 0 Å². The fraction of sp³-hybridized carbons (Fsp3) is 1.00. The molecule has 0 aliphatic rings. The highest BCUT2D eigenvalue weighted by Gasteiger charge is 2.45. The van der Waals surface area contributed by atoms with Gasteiger partial charge in [-0.25, -0.2) is 0 Å². The van der Waals surface area contributed by atoms with E-state index < -0.39 is 24.2 Å². The average molecular weight is 263 g/mol. The van der Waals surface area contributed by atoms with Crippen molar-refractivity contribution >= 4 is 41.6 Å². The van der Waals surface area contributed by atoms with Crippen molar-refractivity contribution in [2.75, 3.05) is 0 Å². The van der Waals surface area contributed by atoms with Crippen LogP contribution in [0.4, 0.5) is 0 Å². The molecule has 0 aromatic carbocycles. The van der Waals surface area contributed by atoms with Crippen LogP contribution < -0.4 is 0 Å². The summed E-state index contributed by atoms with van der Waals surface area (Å²) in [6, 6.07) is 0. The molecule has 0 fully saturated rings. The zero-order valence-corrected chi connectivity index (χ0v) is 14.1. The summed E-state index contributed by atoms with van der Waals surface area (Å²) in [6.07, 6.45) is 0. The molecule has 14 heavy (non-hydrogen) atoms. The Morgan fingerprint density at radius 3 is 0.643 bits per heavy atom. The van der Waals surface area contributed by atoms with Crippen LogP contribution in [0.3, 0.4) is 0 Å². The van der Waals surface area contributed by atoms with E-state index in [1.807, 2.05) is 0 Å². The second kappa shape index (κ2) is 5.01. The van der Waals surface area contributed by atoms with E-state index in [4.69, 9.17) is 0 Å². The summed E-state index contributed by atoms with van der Waals surface area (Å²) in [6.45, 7) is 23.1. The molecule has 0 spiro atoms. The van der Waals surface area contributed by atoms with Gasteiger partial charge in [0.2, 0.25) is 0 Å². The van der Waals surface area contributed by atoms with Crippen LogP contribution in [0.1, 0.15) is 0 Å². The number of hydrogen-bond acceptors (Lipinski definition) is 0. The first-order valence-electron chi connectivity index (χ1n) is 5.37. The predicted octanol–water partition coefficient (Wildman–Crippen LogP) is 3.27. The molecule has 0 saturated heterocycles. The zero-order chi connectivity index (χ0) is 11.1. The van der Waals surface area contributed by atoms with Crippen LogP contribution in [-0.4, -0.2) is 41.6 Å². The predicted molar refractivity (Wildman–Crippen MR) is 83.7 cm³/mol. The number of hydrogen-bond donors (Lipinski definition) is 0. The maximum absolute atomic E-state index is 2.56. The van der Waals surface area contributed by atoms with Gasteiger partial charge < -0.3 is 0 Å². The highest BCUT2D eigenvalue weighted by atomic mass is 28.5. The molecule has 86 valence electrons. The van der Waals surface area contributed by atoms with Gasteiger partial charge in [-0.05, 0) is 0 Å². The maximum Gasteiger partial charge on any atom is 0.187 e. The summed E-state index contributed by atoms with van der Waals surface area (Å²) in [7, 11) is -2.80. The third-order valence-corrected chi connectivity index (χ3v) is 23.4. The van der Waals surface area contributed by atoms with Crippen LogP contribution >= 0.6 is 0 Å². The minimum atomic E-state index is -0.934. The lowest BCUT2D eigenvalue weighted by Crippen LogP contribution is -2.55. The molecule has 0 aliphatic heterocycles. The Labute approximate surface area is 105 Å². The normalized spacial score (nSPS) is 14.1. The van der Waals surface area contributed by atoms with Crippen LogP contribution in [-0.2, 0) is 0 Å². The van der Waals surface area contributed by atoms with E-state index in [1.165, 1.54) is 0 Å². The quantitative estimate of drug-likeness (QED) is 0.685. The van der Waals surface area contributed by atoms with Crippen molar-refractivity contribution in [2.24, 2.45) is 0 Å². The fourth-order valence-corrected chi connectivity index (χ4v) is 35.1. The minimum absolute atomic E-state index is 0. The van der Waals surface area contributed by atoms with Gasteiger partial charge in [-0.2, -0.15) is 0 Å². The first kappa shape index (κ1) is 17.6. The molecule has 0 heterocycles. The Bertz CT molecular complexity index is 138. The SMILES string of the molecule is C[Si](C)(C)C([Si](C)(C)C)[Si](C)(C)C.[AlH3]. The van der Waals surface area contributed by atoms with E-state index in [-0.39, 0.29) is 17.4 Å². The summed E-state index contributed by atoms with van der Waals surface area (Å²) >= 11 is 0. The highest BCUT2D eigenvalue weighted by Crippen LogP contribution is 2.39. The third kappa shape index (κ3) is 5.32. The molecule has 0 amide bonds. The molecule has 4 heteroatoms. The highest BCUT2D eigenvalue weighted by molar-refractivity contribution is 7.12. The van der Waals surface area contributed by atoms with Crippen molar-refractivity contribution in [3.8, 4) is 0 Å². The molecule has 0 aromatic heterocycles. The van der Waals surface area contributed by atoms with Crippen molar-refractivity contribution < 1.29 is 0 Å². The monoisotopic (exact) mass is 262 g/mol. The molecule has 0 aromatic rings. The minimum Gasteiger partial charge on any atom is -0.0698 e. The molecule has 0 radical (unpaired) electrons. The second-order valence-corrected chi connectivity index (χ2v) is 25.2. The van der Waals surface area contributed by atoms with Crippen LogP contribution in [0.2, 0.25) is 63.7 Å². The number of rotatable bonds is 3. The Balaban J connectivity index is 0. The van der Waals surface area contributed by atoms with Crippen molar-refractivity contribution in [1.82, 2.24) is 0 Å². The molecule has 0 N–H and O–H groups in total. The van der Waals surface area contributed by atoms with Gasteiger partial charge in [-0.15, -0.1) is 0 Å². The molecule has 0 rings (SSSR count). The molecule has 0 aliphatic carbocycles. The lowest BCUT2D eigenvalue weighted by molar-refractivity contribution is 1.34. The van der Waals surface area contributed by atoms with Crippen LogP contribution in [0.5, 0.6) is 0 Å². The van der Waals surface area contributed by atoms with E-state index in [2.05, 4.69) is 58.9 Å². The van der Waals surface area contributed by atoms with E-state index in [1.54, 1.807) is 0 Å². The standard InChI is InChI=1S/C10H28Si3.Al.3H/c1-11(2,3)10(12(4,5)6)13(7,8)9;;;;/h10H,1-9H3;;;;. The Hall–Kier alpha value is 1.18. The average Bonchev–Trinajstić information content (AvgIpc) is 1.44. The van der Waals surface area contributed by atoms with Gasteiger partial charge in [-0.1, -0.05) is 63.7 Å². The summed E-state index contributed by atoms with van der Waals surface area (Å²) in [4.78, 5) is 1.15. The van der Waals surface area contributed by atoms with Crippen LogP contribution in [0.25, 0.3) is 0 Å². The van der Waals surface area contributed by atoms with Gasteiger partial charge in [-0.3, -0.25) is 0 Å². The first-order chi connectivity index (χ1) is 5.37. The Kier molecular flexibility index (Phi) is 6.29. The van der Waals surface area contributed by atoms with Crippen LogP contribution in [0, 0.1) is 0 Å². The Morgan fingerprint density at radius 2 is 0.643 bits per heavy atom. The van der Waals surface area contributed by atoms with Crippen molar-refractivity contribution in [1.29, 1.82) is 0 Å². The molecule has 0 unspecified atom stereocenters. The zero-order valence-electron chi connectivity index (χ0n) is 11.1. The van der Waals surface area contributed by atoms with E-state index in [0.29, 0.717) is 0 Å². The molecule has 0 atom stereocenters. The van der Waals surface area contributed by atoms with Crippen molar-refractivity contribution in [3.05, 3.63) is 0 Å². The molecule has 0 saturated carbocycles. The molecule has 0 nitrogen and oxygen atoms in total. The Morgan fingerprint density at radius 1 is 0.500 bits per heavy atom. The topological polar surface area (TPSA) is 0 Å². The van der Waals surface area contributed by atoms with Crippen LogP contribution in [0.15, 0.2) is 0 Å². The van der Waals surface area contributed by atoms with Gasteiger partial charge in [0.15, 0.2) is 17.4 Å².